The zero-order valence-electron chi connectivity index (χ0n) is 15.8. The number of carbonyl (C=O) groups excluding carboxylic acids is 1. The monoisotopic (exact) mass is 442 g/mol. The van der Waals surface area contributed by atoms with Crippen LogP contribution in [0, 0.1) is 0 Å². The number of carbonyl (C=O) groups is 1. The summed E-state index contributed by atoms with van der Waals surface area (Å²) < 4.78 is 84.5. The van der Waals surface area contributed by atoms with Crippen LogP contribution in [0.4, 0.5) is 36.8 Å². The molecular weight excluding hydrogens is 426 g/mol. The van der Waals surface area contributed by atoms with E-state index in [1.807, 2.05) is 0 Å². The number of hydrogen-bond acceptors (Lipinski definition) is 2. The number of para-hydroxylation sites is 1. The maximum absolute atomic E-state index is 13.1. The van der Waals surface area contributed by atoms with Gasteiger partial charge in [0.05, 0.1) is 29.5 Å². The highest BCUT2D eigenvalue weighted by Gasteiger charge is 2.37. The molecule has 4 nitrogen and oxygen atoms in total. The molecule has 0 spiro atoms. The lowest BCUT2D eigenvalue weighted by molar-refractivity contribution is -0.143. The topological polar surface area (TPSA) is 43.3 Å². The number of hydrogen-bond donors (Lipinski definition) is 1. The molecule has 1 heterocycles. The van der Waals surface area contributed by atoms with Crippen molar-refractivity contribution in [3.8, 4) is 0 Å². The van der Waals surface area contributed by atoms with Crippen molar-refractivity contribution in [2.75, 3.05) is 11.9 Å². The van der Waals surface area contributed by atoms with Gasteiger partial charge in [-0.3, -0.25) is 4.57 Å². The molecule has 0 saturated heterocycles. The average Bonchev–Trinajstić information content (AvgIpc) is 3.06. The second-order valence-electron chi connectivity index (χ2n) is 6.55. The van der Waals surface area contributed by atoms with Crippen LogP contribution in [0.2, 0.25) is 0 Å². The molecule has 0 atom stereocenters. The fourth-order valence-electron chi connectivity index (χ4n) is 3.08. The molecule has 0 aliphatic heterocycles. The van der Waals surface area contributed by atoms with Gasteiger partial charge in [-0.15, -0.1) is 0 Å². The standard InChI is InChI=1S/C21H16F6N2O2/c1-2-31-8-7-13-12-29(18-6-4-3-5-17(13)18)19(30)28-16-10-14(20(22,23)24)9-15(11-16)21(25,26)27/h2-6,9-12H,1,7-8H2,(H,28,30). The van der Waals surface area contributed by atoms with Gasteiger partial charge in [0.2, 0.25) is 0 Å². The number of halogens is 6. The van der Waals surface area contributed by atoms with Crippen LogP contribution in [0.3, 0.4) is 0 Å². The van der Waals surface area contributed by atoms with E-state index >= 15 is 0 Å². The van der Waals surface area contributed by atoms with Crippen molar-refractivity contribution < 1.29 is 35.9 Å². The summed E-state index contributed by atoms with van der Waals surface area (Å²) in [7, 11) is 0. The zero-order valence-corrected chi connectivity index (χ0v) is 15.8. The second-order valence-corrected chi connectivity index (χ2v) is 6.55. The predicted molar refractivity (Wildman–Crippen MR) is 103 cm³/mol. The molecule has 1 N–H and O–H groups in total. The molecule has 0 aliphatic carbocycles. The fraction of sp³-hybridized carbons (Fsp3) is 0.190. The Kier molecular flexibility index (Phi) is 6.01. The second kappa shape index (κ2) is 8.37. The summed E-state index contributed by atoms with van der Waals surface area (Å²) in [6, 6.07) is 6.76. The number of amides is 1. The summed E-state index contributed by atoms with van der Waals surface area (Å²) in [6.45, 7) is 3.71. The lowest BCUT2D eigenvalue weighted by atomic mass is 10.1. The van der Waals surface area contributed by atoms with E-state index in [0.717, 1.165) is 4.57 Å². The number of aromatic nitrogens is 1. The summed E-state index contributed by atoms with van der Waals surface area (Å²) >= 11 is 0. The molecule has 1 amide bonds. The minimum absolute atomic E-state index is 0.00156. The Balaban J connectivity index is 1.98. The Morgan fingerprint density at radius 1 is 1.03 bits per heavy atom. The number of anilines is 1. The van der Waals surface area contributed by atoms with Gasteiger partial charge in [-0.25, -0.2) is 4.79 Å². The largest absolute Gasteiger partial charge is 0.501 e. The SMILES string of the molecule is C=COCCc1cn(C(=O)Nc2cc(C(F)(F)F)cc(C(F)(F)F)c2)c2ccccc12. The fourth-order valence-corrected chi connectivity index (χ4v) is 3.08. The summed E-state index contributed by atoms with van der Waals surface area (Å²) in [6.07, 6.45) is -6.89. The molecule has 164 valence electrons. The van der Waals surface area contributed by atoms with Crippen molar-refractivity contribution in [3.05, 3.63) is 78.2 Å². The van der Waals surface area contributed by atoms with Gasteiger partial charge in [0, 0.05) is 23.7 Å². The molecular formula is C21H16F6N2O2. The molecule has 2 aromatic carbocycles. The van der Waals surface area contributed by atoms with Gasteiger partial charge in [-0.05, 0) is 29.8 Å². The minimum Gasteiger partial charge on any atom is -0.501 e. The van der Waals surface area contributed by atoms with Crippen molar-refractivity contribution in [3.63, 3.8) is 0 Å². The quantitative estimate of drug-likeness (QED) is 0.280. The van der Waals surface area contributed by atoms with Crippen molar-refractivity contribution in [2.45, 2.75) is 18.8 Å². The van der Waals surface area contributed by atoms with Crippen molar-refractivity contribution in [1.29, 1.82) is 0 Å². The first-order valence-corrected chi connectivity index (χ1v) is 8.93. The number of ether oxygens (including phenoxy) is 1. The number of nitrogens with zero attached hydrogens (tertiary/aromatic N) is 1. The molecule has 10 heteroatoms. The number of alkyl halides is 6. The maximum Gasteiger partial charge on any atom is 0.416 e. The Labute approximate surface area is 172 Å². The van der Waals surface area contributed by atoms with Crippen LogP contribution in [0.1, 0.15) is 16.7 Å². The Morgan fingerprint density at radius 3 is 2.23 bits per heavy atom. The maximum atomic E-state index is 13.1. The number of rotatable bonds is 5. The van der Waals surface area contributed by atoms with E-state index in [4.69, 9.17) is 4.74 Å². The van der Waals surface area contributed by atoms with Gasteiger partial charge >= 0.3 is 18.4 Å². The van der Waals surface area contributed by atoms with E-state index in [9.17, 15) is 31.1 Å². The first-order valence-electron chi connectivity index (χ1n) is 8.93. The highest BCUT2D eigenvalue weighted by atomic mass is 19.4. The first kappa shape index (κ1) is 22.3. The van der Waals surface area contributed by atoms with Gasteiger partial charge in [-0.2, -0.15) is 26.3 Å². The van der Waals surface area contributed by atoms with E-state index in [1.54, 1.807) is 24.3 Å². The van der Waals surface area contributed by atoms with E-state index in [-0.39, 0.29) is 12.7 Å². The van der Waals surface area contributed by atoms with E-state index in [1.165, 1.54) is 12.5 Å². The number of benzene rings is 2. The molecule has 0 radical (unpaired) electrons. The van der Waals surface area contributed by atoms with Crippen LogP contribution in [0.5, 0.6) is 0 Å². The third-order valence-electron chi connectivity index (χ3n) is 4.46. The molecule has 0 aliphatic rings. The van der Waals surface area contributed by atoms with E-state index in [0.29, 0.717) is 35.0 Å². The molecule has 3 aromatic rings. The van der Waals surface area contributed by atoms with Gasteiger partial charge in [0.25, 0.3) is 0 Å². The molecule has 1 aromatic heterocycles. The van der Waals surface area contributed by atoms with Crippen molar-refractivity contribution in [1.82, 2.24) is 4.57 Å². The highest BCUT2D eigenvalue weighted by Crippen LogP contribution is 2.37. The molecule has 0 saturated carbocycles. The zero-order chi connectivity index (χ0) is 22.8. The molecule has 0 unspecified atom stereocenters. The Hall–Kier alpha value is -3.43. The van der Waals surface area contributed by atoms with Gasteiger partial charge in [0.1, 0.15) is 0 Å². The molecule has 0 fully saturated rings. The minimum atomic E-state index is -5.01. The normalized spacial score (nSPS) is 12.1. The Bertz CT molecular complexity index is 1080. The predicted octanol–water partition coefficient (Wildman–Crippen LogP) is 6.46. The van der Waals surface area contributed by atoms with E-state index in [2.05, 4.69) is 11.9 Å². The van der Waals surface area contributed by atoms with Crippen LogP contribution in [0.15, 0.2) is 61.5 Å². The van der Waals surface area contributed by atoms with Crippen LogP contribution in [0.25, 0.3) is 10.9 Å². The number of fused-ring (bicyclic) bond motifs is 1. The van der Waals surface area contributed by atoms with Crippen molar-refractivity contribution >= 4 is 22.6 Å². The third-order valence-corrected chi connectivity index (χ3v) is 4.46. The van der Waals surface area contributed by atoms with Crippen LogP contribution in [-0.4, -0.2) is 17.2 Å². The lowest BCUT2D eigenvalue weighted by Gasteiger charge is -2.15. The summed E-state index contributed by atoms with van der Waals surface area (Å²) in [5.41, 5.74) is -2.50. The molecule has 0 bridgehead atoms. The summed E-state index contributed by atoms with van der Waals surface area (Å²) in [5, 5.41) is 2.83. The Morgan fingerprint density at radius 2 is 1.65 bits per heavy atom. The highest BCUT2D eigenvalue weighted by molar-refractivity contribution is 5.99. The van der Waals surface area contributed by atoms with Gasteiger partial charge in [0.15, 0.2) is 0 Å². The first-order chi connectivity index (χ1) is 14.5. The lowest BCUT2D eigenvalue weighted by Crippen LogP contribution is -2.20. The smallest absolute Gasteiger partial charge is 0.416 e. The van der Waals surface area contributed by atoms with Gasteiger partial charge < -0.3 is 10.1 Å². The number of nitrogens with one attached hydrogen (secondary N) is 1. The van der Waals surface area contributed by atoms with Crippen LogP contribution < -0.4 is 5.32 Å². The van der Waals surface area contributed by atoms with Crippen LogP contribution >= 0.6 is 0 Å². The van der Waals surface area contributed by atoms with Gasteiger partial charge in [-0.1, -0.05) is 24.8 Å². The average molecular weight is 442 g/mol. The molecule has 31 heavy (non-hydrogen) atoms. The third kappa shape index (κ3) is 5.01. The van der Waals surface area contributed by atoms with E-state index < -0.39 is 35.2 Å². The summed E-state index contributed by atoms with van der Waals surface area (Å²) in [5.74, 6) is 0. The summed E-state index contributed by atoms with van der Waals surface area (Å²) in [4.78, 5) is 12.7. The van der Waals surface area contributed by atoms with Crippen LogP contribution in [-0.2, 0) is 23.5 Å². The van der Waals surface area contributed by atoms with Crippen molar-refractivity contribution in [2.24, 2.45) is 0 Å². The molecule has 3 rings (SSSR count).